The number of likely N-dealkylation sites (tertiary alicyclic amines) is 1. The largest absolute Gasteiger partial charge is 0.351 e. The summed E-state index contributed by atoms with van der Waals surface area (Å²) in [4.78, 5) is 34.5. The highest BCUT2D eigenvalue weighted by molar-refractivity contribution is 5.93. The lowest BCUT2D eigenvalue weighted by atomic mass is 10.1. The van der Waals surface area contributed by atoms with Crippen LogP contribution in [0.5, 0.6) is 0 Å². The molecule has 0 unspecified atom stereocenters. The van der Waals surface area contributed by atoms with Crippen LogP contribution in [0.25, 0.3) is 0 Å². The first-order chi connectivity index (χ1) is 11.6. The molecule has 1 N–H and O–H groups in total. The number of rotatable bonds is 4. The number of nitrogens with one attached hydrogen (secondary N) is 1. The van der Waals surface area contributed by atoms with Crippen LogP contribution in [0.1, 0.15) is 47.7 Å². The molecule has 1 fully saturated rings. The van der Waals surface area contributed by atoms with Gasteiger partial charge in [-0.15, -0.1) is 0 Å². The van der Waals surface area contributed by atoms with Gasteiger partial charge in [-0.2, -0.15) is 0 Å². The molecule has 1 atom stereocenters. The van der Waals surface area contributed by atoms with Crippen molar-refractivity contribution in [2.75, 3.05) is 6.54 Å². The van der Waals surface area contributed by atoms with Gasteiger partial charge in [0, 0.05) is 26.7 Å². The first-order valence-corrected chi connectivity index (χ1v) is 8.04. The van der Waals surface area contributed by atoms with E-state index in [1.165, 1.54) is 6.92 Å². The van der Waals surface area contributed by atoms with E-state index in [0.717, 1.165) is 18.5 Å². The van der Waals surface area contributed by atoms with Crippen molar-refractivity contribution in [3.63, 3.8) is 0 Å². The zero-order valence-corrected chi connectivity index (χ0v) is 13.9. The van der Waals surface area contributed by atoms with Gasteiger partial charge < -0.3 is 14.8 Å². The third-order valence-electron chi connectivity index (χ3n) is 4.24. The Morgan fingerprint density at radius 2 is 2.21 bits per heavy atom. The molecular weight excluding hydrogens is 306 g/mol. The lowest BCUT2D eigenvalue weighted by Gasteiger charge is -2.24. The molecule has 0 radical (unpaired) electrons. The maximum Gasteiger partial charge on any atom is 0.271 e. The second kappa shape index (κ2) is 6.82. The van der Waals surface area contributed by atoms with Crippen molar-refractivity contribution in [1.29, 1.82) is 0 Å². The van der Waals surface area contributed by atoms with Crippen LogP contribution in [0.15, 0.2) is 30.7 Å². The Morgan fingerprint density at radius 1 is 1.38 bits per heavy atom. The topological polar surface area (TPSA) is 80.1 Å². The number of aromatic nitrogens is 3. The molecule has 1 saturated heterocycles. The highest BCUT2D eigenvalue weighted by atomic mass is 16.2. The van der Waals surface area contributed by atoms with Gasteiger partial charge in [0.05, 0.1) is 36.4 Å². The van der Waals surface area contributed by atoms with Crippen molar-refractivity contribution in [2.45, 2.75) is 32.4 Å². The summed E-state index contributed by atoms with van der Waals surface area (Å²) in [5, 5.41) is 2.72. The first kappa shape index (κ1) is 16.2. The van der Waals surface area contributed by atoms with Crippen molar-refractivity contribution in [3.8, 4) is 0 Å². The van der Waals surface area contributed by atoms with E-state index in [1.807, 2.05) is 34.8 Å². The van der Waals surface area contributed by atoms with Gasteiger partial charge in [-0.3, -0.25) is 19.6 Å². The average Bonchev–Trinajstić information content (AvgIpc) is 3.21. The number of amides is 2. The fourth-order valence-electron chi connectivity index (χ4n) is 3.03. The van der Waals surface area contributed by atoms with Crippen molar-refractivity contribution in [1.82, 2.24) is 24.8 Å². The summed E-state index contributed by atoms with van der Waals surface area (Å²) in [6.45, 7) is 2.52. The van der Waals surface area contributed by atoms with E-state index in [2.05, 4.69) is 15.3 Å². The first-order valence-electron chi connectivity index (χ1n) is 8.04. The molecule has 3 heterocycles. The van der Waals surface area contributed by atoms with E-state index in [4.69, 9.17) is 0 Å². The van der Waals surface area contributed by atoms with Crippen molar-refractivity contribution in [2.24, 2.45) is 7.05 Å². The van der Waals surface area contributed by atoms with E-state index in [9.17, 15) is 9.59 Å². The van der Waals surface area contributed by atoms with Gasteiger partial charge in [0.2, 0.25) is 5.91 Å². The smallest absolute Gasteiger partial charge is 0.271 e. The Hall–Kier alpha value is -2.70. The molecule has 126 valence electrons. The maximum atomic E-state index is 12.8. The molecule has 1 aliphatic heterocycles. The molecule has 7 nitrogen and oxygen atoms in total. The summed E-state index contributed by atoms with van der Waals surface area (Å²) in [5.74, 6) is -0.0948. The lowest BCUT2D eigenvalue weighted by molar-refractivity contribution is -0.119. The fraction of sp³-hybridized carbons (Fsp3) is 0.412. The van der Waals surface area contributed by atoms with Crippen molar-refractivity contribution in [3.05, 3.63) is 47.8 Å². The molecule has 24 heavy (non-hydrogen) atoms. The van der Waals surface area contributed by atoms with E-state index < -0.39 is 0 Å². The molecule has 2 amide bonds. The Bertz CT molecular complexity index is 755. The van der Waals surface area contributed by atoms with Gasteiger partial charge >= 0.3 is 0 Å². The highest BCUT2D eigenvalue weighted by Gasteiger charge is 2.32. The highest BCUT2D eigenvalue weighted by Crippen LogP contribution is 2.31. The Kier molecular flexibility index (Phi) is 4.59. The van der Waals surface area contributed by atoms with Crippen LogP contribution in [0, 0.1) is 0 Å². The van der Waals surface area contributed by atoms with E-state index >= 15 is 0 Å². The molecule has 0 saturated carbocycles. The van der Waals surface area contributed by atoms with Crippen LogP contribution in [-0.4, -0.2) is 37.8 Å². The molecule has 0 spiro atoms. The molecule has 3 rings (SSSR count). The molecular formula is C17H21N5O2. The average molecular weight is 327 g/mol. The molecule has 1 aliphatic rings. The zero-order chi connectivity index (χ0) is 17.1. The predicted molar refractivity (Wildman–Crippen MR) is 88.0 cm³/mol. The van der Waals surface area contributed by atoms with Gasteiger partial charge in [-0.25, -0.2) is 0 Å². The third-order valence-corrected chi connectivity index (χ3v) is 4.24. The molecule has 0 bridgehead atoms. The quantitative estimate of drug-likeness (QED) is 0.921. The monoisotopic (exact) mass is 327 g/mol. The molecule has 7 heteroatoms. The zero-order valence-electron chi connectivity index (χ0n) is 13.9. The fourth-order valence-corrected chi connectivity index (χ4v) is 3.03. The van der Waals surface area contributed by atoms with Crippen LogP contribution in [0.4, 0.5) is 0 Å². The number of carbonyl (C=O) groups excluding carboxylic acids is 2. The Labute approximate surface area is 140 Å². The summed E-state index contributed by atoms with van der Waals surface area (Å²) in [7, 11) is 1.87. The Morgan fingerprint density at radius 3 is 2.92 bits per heavy atom. The Balaban J connectivity index is 1.80. The van der Waals surface area contributed by atoms with Gasteiger partial charge in [0.25, 0.3) is 5.91 Å². The second-order valence-electron chi connectivity index (χ2n) is 6.01. The lowest BCUT2D eigenvalue weighted by Crippen LogP contribution is -2.32. The van der Waals surface area contributed by atoms with Crippen LogP contribution in [0.3, 0.4) is 0 Å². The molecule has 0 aliphatic carbocycles. The molecule has 2 aromatic heterocycles. The van der Waals surface area contributed by atoms with Crippen LogP contribution in [0.2, 0.25) is 0 Å². The summed E-state index contributed by atoms with van der Waals surface area (Å²) >= 11 is 0. The van der Waals surface area contributed by atoms with Crippen LogP contribution < -0.4 is 5.32 Å². The minimum atomic E-state index is -0.108. The summed E-state index contributed by atoms with van der Waals surface area (Å²) in [6.07, 6.45) is 7.02. The van der Waals surface area contributed by atoms with Gasteiger partial charge in [-0.1, -0.05) is 0 Å². The summed E-state index contributed by atoms with van der Waals surface area (Å²) in [5.41, 5.74) is 2.14. The van der Waals surface area contributed by atoms with E-state index in [1.54, 1.807) is 12.4 Å². The number of carbonyl (C=O) groups is 2. The number of nitrogens with zero attached hydrogens (tertiary/aromatic N) is 4. The normalized spacial score (nSPS) is 17.1. The van der Waals surface area contributed by atoms with Crippen LogP contribution in [-0.2, 0) is 18.4 Å². The number of aryl methyl sites for hydroxylation is 1. The van der Waals surface area contributed by atoms with E-state index in [0.29, 0.717) is 24.5 Å². The number of hydrogen-bond donors (Lipinski definition) is 1. The number of hydrogen-bond acceptors (Lipinski definition) is 4. The molecule has 0 aromatic carbocycles. The van der Waals surface area contributed by atoms with Crippen molar-refractivity contribution >= 4 is 11.8 Å². The second-order valence-corrected chi connectivity index (χ2v) is 6.01. The third kappa shape index (κ3) is 3.29. The standard InChI is InChI=1S/C17H21N5O2/c1-12(23)19-10-13-9-18-11-14(20-13)15-5-4-8-22(15)17(24)16-6-3-7-21(16)2/h3,6-7,9,11,15H,4-5,8,10H2,1-2H3,(H,19,23)/t15-/m0/s1. The minimum absolute atomic E-state index is 0.0130. The minimum Gasteiger partial charge on any atom is -0.351 e. The predicted octanol–water partition coefficient (Wildman–Crippen LogP) is 1.43. The molecule has 2 aromatic rings. The van der Waals surface area contributed by atoms with Gasteiger partial charge in [0.1, 0.15) is 5.69 Å². The van der Waals surface area contributed by atoms with Gasteiger partial charge in [-0.05, 0) is 25.0 Å². The maximum absolute atomic E-state index is 12.8. The SMILES string of the molecule is CC(=O)NCc1cncc([C@@H]2CCCN2C(=O)c2cccn2C)n1. The van der Waals surface area contributed by atoms with Crippen molar-refractivity contribution < 1.29 is 9.59 Å². The summed E-state index contributed by atoms with van der Waals surface area (Å²) in [6, 6.07) is 3.63. The summed E-state index contributed by atoms with van der Waals surface area (Å²) < 4.78 is 1.83. The van der Waals surface area contributed by atoms with Gasteiger partial charge in [0.15, 0.2) is 0 Å². The van der Waals surface area contributed by atoms with E-state index in [-0.39, 0.29) is 17.9 Å². The van der Waals surface area contributed by atoms with Crippen LogP contribution >= 0.6 is 0 Å².